The largest absolute Gasteiger partial charge is 0.507 e. The van der Waals surface area contributed by atoms with Crippen LogP contribution in [0.4, 0.5) is 5.69 Å². The zero-order valence-corrected chi connectivity index (χ0v) is 17.2. The number of fused-ring (bicyclic) bond motifs is 1. The maximum atomic E-state index is 13.1. The summed E-state index contributed by atoms with van der Waals surface area (Å²) in [5.74, 6) is -0.837. The third-order valence-corrected chi connectivity index (χ3v) is 5.88. The topological polar surface area (TPSA) is 66.8 Å². The van der Waals surface area contributed by atoms with Crippen molar-refractivity contribution in [1.82, 2.24) is 0 Å². The molecule has 0 bridgehead atoms. The van der Waals surface area contributed by atoms with Crippen LogP contribution in [0.3, 0.4) is 0 Å². The van der Waals surface area contributed by atoms with Crippen LogP contribution in [-0.2, 0) is 16.0 Å². The van der Waals surface area contributed by atoms with E-state index in [1.54, 1.807) is 36.4 Å². The van der Waals surface area contributed by atoms with Crippen LogP contribution in [0.5, 0.6) is 5.75 Å². The smallest absolute Gasteiger partial charge is 0.300 e. The summed E-state index contributed by atoms with van der Waals surface area (Å²) < 4.78 is 5.53. The Labute approximate surface area is 184 Å². The summed E-state index contributed by atoms with van der Waals surface area (Å²) in [6.45, 7) is 0.588. The fourth-order valence-corrected chi connectivity index (χ4v) is 4.27. The predicted molar refractivity (Wildman–Crippen MR) is 118 cm³/mol. The second-order valence-corrected chi connectivity index (χ2v) is 7.91. The zero-order chi connectivity index (χ0) is 21.5. The Balaban J connectivity index is 1.69. The van der Waals surface area contributed by atoms with Gasteiger partial charge in [0.15, 0.2) is 0 Å². The molecule has 0 aliphatic carbocycles. The lowest BCUT2D eigenvalue weighted by Crippen LogP contribution is -2.29. The number of ether oxygens (including phenoxy) is 1. The summed E-state index contributed by atoms with van der Waals surface area (Å²) >= 11 is 6.01. The van der Waals surface area contributed by atoms with E-state index < -0.39 is 17.7 Å². The average molecular weight is 432 g/mol. The molecule has 2 aliphatic heterocycles. The van der Waals surface area contributed by atoms with Gasteiger partial charge in [-0.25, -0.2) is 0 Å². The summed E-state index contributed by atoms with van der Waals surface area (Å²) in [5, 5.41) is 11.7. The van der Waals surface area contributed by atoms with Gasteiger partial charge in [0, 0.05) is 22.7 Å². The van der Waals surface area contributed by atoms with Crippen molar-refractivity contribution < 1.29 is 19.4 Å². The summed E-state index contributed by atoms with van der Waals surface area (Å²) in [5.41, 5.74) is 2.76. The Bertz CT molecular complexity index is 1220. The van der Waals surface area contributed by atoms with Crippen LogP contribution in [0.1, 0.15) is 22.7 Å². The van der Waals surface area contributed by atoms with Crippen LogP contribution in [0.15, 0.2) is 78.4 Å². The number of Topliss-reactive ketones (excluding diaryl/α,β-unsaturated/α-hetero) is 1. The molecule has 1 N–H and O–H groups in total. The molecule has 3 aromatic rings. The van der Waals surface area contributed by atoms with Crippen molar-refractivity contribution in [2.45, 2.75) is 12.5 Å². The third kappa shape index (κ3) is 3.27. The lowest BCUT2D eigenvalue weighted by Gasteiger charge is -2.25. The highest BCUT2D eigenvalue weighted by Gasteiger charge is 2.46. The SMILES string of the molecule is O=C1C(=O)N(c2ccc(Cl)cc2)C(c2ccccc2)/C1=C(/O)c1ccc2c(c1)CCO2. The first-order chi connectivity index (χ1) is 15.0. The maximum Gasteiger partial charge on any atom is 0.300 e. The van der Waals surface area contributed by atoms with Crippen molar-refractivity contribution in [3.05, 3.63) is 100 Å². The van der Waals surface area contributed by atoms with E-state index in [1.807, 2.05) is 36.4 Å². The van der Waals surface area contributed by atoms with Gasteiger partial charge in [-0.3, -0.25) is 14.5 Å². The molecule has 5 nitrogen and oxygen atoms in total. The first kappa shape index (κ1) is 19.4. The lowest BCUT2D eigenvalue weighted by molar-refractivity contribution is -0.132. The number of aliphatic hydroxyl groups excluding tert-OH is 1. The van der Waals surface area contributed by atoms with Crippen molar-refractivity contribution in [2.24, 2.45) is 0 Å². The van der Waals surface area contributed by atoms with E-state index in [-0.39, 0.29) is 11.3 Å². The van der Waals surface area contributed by atoms with Gasteiger partial charge in [-0.05, 0) is 53.6 Å². The van der Waals surface area contributed by atoms with E-state index in [2.05, 4.69) is 0 Å². The molecule has 0 radical (unpaired) electrons. The van der Waals surface area contributed by atoms with Gasteiger partial charge in [-0.15, -0.1) is 0 Å². The number of hydrogen-bond acceptors (Lipinski definition) is 4. The Hall–Kier alpha value is -3.57. The van der Waals surface area contributed by atoms with Gasteiger partial charge >= 0.3 is 0 Å². The number of halogens is 1. The Morgan fingerprint density at radius 2 is 1.74 bits per heavy atom. The van der Waals surface area contributed by atoms with Crippen molar-refractivity contribution in [3.8, 4) is 5.75 Å². The Morgan fingerprint density at radius 3 is 2.48 bits per heavy atom. The monoisotopic (exact) mass is 431 g/mol. The summed E-state index contributed by atoms with van der Waals surface area (Å²) in [6, 6.07) is 20.5. The lowest BCUT2D eigenvalue weighted by atomic mass is 9.94. The van der Waals surface area contributed by atoms with Crippen LogP contribution >= 0.6 is 11.6 Å². The second-order valence-electron chi connectivity index (χ2n) is 7.48. The van der Waals surface area contributed by atoms with Gasteiger partial charge < -0.3 is 9.84 Å². The minimum absolute atomic E-state index is 0.0602. The molecule has 2 aliphatic rings. The maximum absolute atomic E-state index is 13.1. The number of carbonyl (C=O) groups is 2. The van der Waals surface area contributed by atoms with Crippen LogP contribution in [0.2, 0.25) is 5.02 Å². The first-order valence-corrected chi connectivity index (χ1v) is 10.3. The summed E-state index contributed by atoms with van der Waals surface area (Å²) in [4.78, 5) is 27.6. The molecule has 0 aromatic heterocycles. The molecule has 1 atom stereocenters. The fraction of sp³-hybridized carbons (Fsp3) is 0.120. The predicted octanol–water partition coefficient (Wildman–Crippen LogP) is 4.90. The highest BCUT2D eigenvalue weighted by atomic mass is 35.5. The number of ketones is 1. The number of nitrogens with zero attached hydrogens (tertiary/aromatic N) is 1. The Kier molecular flexibility index (Phi) is 4.75. The molecule has 3 aromatic carbocycles. The molecule has 1 saturated heterocycles. The molecule has 6 heteroatoms. The van der Waals surface area contributed by atoms with Crippen molar-refractivity contribution in [2.75, 3.05) is 11.5 Å². The molecule has 154 valence electrons. The van der Waals surface area contributed by atoms with Crippen LogP contribution in [0, 0.1) is 0 Å². The van der Waals surface area contributed by atoms with Gasteiger partial charge in [0.1, 0.15) is 11.5 Å². The van der Waals surface area contributed by atoms with Crippen LogP contribution in [-0.4, -0.2) is 23.4 Å². The Morgan fingerprint density at radius 1 is 1.00 bits per heavy atom. The van der Waals surface area contributed by atoms with Crippen molar-refractivity contribution >= 4 is 34.7 Å². The number of hydrogen-bond donors (Lipinski definition) is 1. The average Bonchev–Trinajstić information content (AvgIpc) is 3.37. The minimum atomic E-state index is -0.758. The number of rotatable bonds is 3. The minimum Gasteiger partial charge on any atom is -0.507 e. The number of aliphatic hydroxyl groups is 1. The molecule has 1 fully saturated rings. The molecule has 0 saturated carbocycles. The third-order valence-electron chi connectivity index (χ3n) is 5.63. The second kappa shape index (κ2) is 7.60. The van der Waals surface area contributed by atoms with Crippen molar-refractivity contribution in [1.29, 1.82) is 0 Å². The van der Waals surface area contributed by atoms with Crippen LogP contribution in [0.25, 0.3) is 5.76 Å². The van der Waals surface area contributed by atoms with E-state index in [1.165, 1.54) is 4.90 Å². The quantitative estimate of drug-likeness (QED) is 0.364. The molecule has 1 amide bonds. The molecular weight excluding hydrogens is 414 g/mol. The van der Waals surface area contributed by atoms with Gasteiger partial charge in [-0.1, -0.05) is 41.9 Å². The fourth-order valence-electron chi connectivity index (χ4n) is 4.14. The molecule has 0 spiro atoms. The molecule has 31 heavy (non-hydrogen) atoms. The number of amides is 1. The van der Waals surface area contributed by atoms with Gasteiger partial charge in [0.2, 0.25) is 0 Å². The molecule has 5 rings (SSSR count). The first-order valence-electron chi connectivity index (χ1n) is 9.92. The van der Waals surface area contributed by atoms with Crippen LogP contribution < -0.4 is 9.64 Å². The van der Waals surface area contributed by atoms with E-state index in [0.29, 0.717) is 22.9 Å². The highest BCUT2D eigenvalue weighted by molar-refractivity contribution is 6.51. The number of anilines is 1. The zero-order valence-electron chi connectivity index (χ0n) is 16.4. The molecular formula is C25H18ClNO4. The number of benzene rings is 3. The van der Waals surface area contributed by atoms with E-state index in [4.69, 9.17) is 16.3 Å². The van der Waals surface area contributed by atoms with Gasteiger partial charge in [0.05, 0.1) is 18.2 Å². The number of carbonyl (C=O) groups excluding carboxylic acids is 2. The van der Waals surface area contributed by atoms with E-state index in [9.17, 15) is 14.7 Å². The normalized spacial score (nSPS) is 19.4. The van der Waals surface area contributed by atoms with Gasteiger partial charge in [-0.2, -0.15) is 0 Å². The highest BCUT2D eigenvalue weighted by Crippen LogP contribution is 2.42. The molecule has 2 heterocycles. The van der Waals surface area contributed by atoms with Crippen molar-refractivity contribution in [3.63, 3.8) is 0 Å². The summed E-state index contributed by atoms with van der Waals surface area (Å²) in [6.07, 6.45) is 0.734. The summed E-state index contributed by atoms with van der Waals surface area (Å²) in [7, 11) is 0. The van der Waals surface area contributed by atoms with E-state index >= 15 is 0 Å². The van der Waals surface area contributed by atoms with Gasteiger partial charge in [0.25, 0.3) is 11.7 Å². The standard InChI is InChI=1S/C25H18ClNO4/c26-18-7-9-19(10-8-18)27-22(15-4-2-1-3-5-15)21(24(29)25(27)30)23(28)17-6-11-20-16(14-17)12-13-31-20/h1-11,14,22,28H,12-13H2/b23-21-. The van der Waals surface area contributed by atoms with E-state index in [0.717, 1.165) is 23.3 Å². The molecule has 1 unspecified atom stereocenters.